The Morgan fingerprint density at radius 1 is 1.10 bits per heavy atom. The summed E-state index contributed by atoms with van der Waals surface area (Å²) in [6, 6.07) is 0. The van der Waals surface area contributed by atoms with Gasteiger partial charge in [-0.25, -0.2) is 4.79 Å². The van der Waals surface area contributed by atoms with E-state index in [1.807, 2.05) is 0 Å². The second kappa shape index (κ2) is 6.66. The van der Waals surface area contributed by atoms with Crippen molar-refractivity contribution in [2.24, 2.45) is 0 Å². The van der Waals surface area contributed by atoms with Crippen molar-refractivity contribution in [3.05, 3.63) is 0 Å². The van der Waals surface area contributed by atoms with Crippen molar-refractivity contribution < 1.29 is 42.1 Å². The molecule has 0 spiro atoms. The lowest BCUT2D eigenvalue weighted by atomic mass is 10.2. The minimum atomic E-state index is -5.30. The third kappa shape index (κ3) is 4.43. The summed E-state index contributed by atoms with van der Waals surface area (Å²) >= 11 is 0. The van der Waals surface area contributed by atoms with Crippen molar-refractivity contribution in [3.63, 3.8) is 0 Å². The predicted octanol–water partition coefficient (Wildman–Crippen LogP) is 1.87. The molecule has 2 N–H and O–H groups in total. The number of halogens is 2. The van der Waals surface area contributed by atoms with Gasteiger partial charge in [0, 0.05) is 0 Å². The van der Waals surface area contributed by atoms with Crippen LogP contribution in [0.2, 0.25) is 0 Å². The van der Waals surface area contributed by atoms with Crippen LogP contribution in [0.1, 0.15) is 34.6 Å². The smallest absolute Gasteiger partial charge is 0.409 e. The van der Waals surface area contributed by atoms with Crippen LogP contribution in [0.5, 0.6) is 0 Å². The molecule has 0 fully saturated rings. The third-order valence-corrected chi connectivity index (χ3v) is 4.24. The average molecular weight is 334 g/mol. The average Bonchev–Trinajstić information content (AvgIpc) is 2.26. The minimum absolute atomic E-state index is 0.447. The number of esters is 1. The zero-order chi connectivity index (χ0) is 17.1. The van der Waals surface area contributed by atoms with Crippen LogP contribution >= 0.6 is 7.60 Å². The summed E-state index contributed by atoms with van der Waals surface area (Å²) in [6.07, 6.45) is 0. The summed E-state index contributed by atoms with van der Waals surface area (Å²) in [6.45, 7) is 5.63. The summed E-state index contributed by atoms with van der Waals surface area (Å²) in [4.78, 5) is 11.5. The van der Waals surface area contributed by atoms with Crippen molar-refractivity contribution in [3.8, 4) is 0 Å². The molecular weight excluding hydrogens is 313 g/mol. The first-order valence-corrected chi connectivity index (χ1v) is 7.74. The van der Waals surface area contributed by atoms with E-state index in [1.165, 1.54) is 34.6 Å². The van der Waals surface area contributed by atoms with Crippen LogP contribution in [0.4, 0.5) is 8.78 Å². The number of aliphatic hydroxyl groups is 2. The maximum absolute atomic E-state index is 14.1. The van der Waals surface area contributed by atoms with Gasteiger partial charge in [0.25, 0.3) is 0 Å². The first-order valence-electron chi connectivity index (χ1n) is 6.20. The molecule has 0 aliphatic rings. The quantitative estimate of drug-likeness (QED) is 0.416. The van der Waals surface area contributed by atoms with Crippen molar-refractivity contribution in [2.45, 2.75) is 51.7 Å². The Balaban J connectivity index is 5.62. The second-order valence-electron chi connectivity index (χ2n) is 5.05. The molecule has 10 heteroatoms. The van der Waals surface area contributed by atoms with E-state index in [9.17, 15) is 28.4 Å². The fourth-order valence-corrected chi connectivity index (χ4v) is 2.75. The van der Waals surface area contributed by atoms with Gasteiger partial charge in [-0.1, -0.05) is 0 Å². The van der Waals surface area contributed by atoms with E-state index in [2.05, 4.69) is 13.8 Å². The fourth-order valence-electron chi connectivity index (χ4n) is 1.20. The number of rotatable bonds is 7. The molecule has 0 rings (SSSR count). The molecule has 0 saturated carbocycles. The van der Waals surface area contributed by atoms with Crippen molar-refractivity contribution in [2.75, 3.05) is 13.2 Å². The summed E-state index contributed by atoms with van der Waals surface area (Å²) in [5, 5.41) is 18.9. The van der Waals surface area contributed by atoms with Crippen molar-refractivity contribution in [1.82, 2.24) is 0 Å². The van der Waals surface area contributed by atoms with E-state index >= 15 is 0 Å². The highest BCUT2D eigenvalue weighted by Gasteiger charge is 2.72. The third-order valence-electron chi connectivity index (χ3n) is 2.05. The molecule has 0 radical (unpaired) electrons. The zero-order valence-electron chi connectivity index (χ0n) is 12.6. The molecule has 0 aliphatic carbocycles. The van der Waals surface area contributed by atoms with Gasteiger partial charge >= 0.3 is 25.0 Å². The second-order valence-corrected chi connectivity index (χ2v) is 7.12. The van der Waals surface area contributed by atoms with Gasteiger partial charge < -0.3 is 24.0 Å². The summed E-state index contributed by atoms with van der Waals surface area (Å²) in [5.41, 5.74) is -6.17. The Kier molecular flexibility index (Phi) is 6.47. The largest absolute Gasteiger partial charge is 0.456 e. The van der Waals surface area contributed by atoms with E-state index in [4.69, 9.17) is 0 Å². The predicted molar refractivity (Wildman–Crippen MR) is 68.8 cm³/mol. The highest BCUT2D eigenvalue weighted by molar-refractivity contribution is 7.55. The van der Waals surface area contributed by atoms with Gasteiger partial charge in [-0.05, 0) is 34.6 Å². The monoisotopic (exact) mass is 334 g/mol. The lowest BCUT2D eigenvalue weighted by Gasteiger charge is -2.34. The molecule has 0 aromatic heterocycles. The first-order chi connectivity index (χ1) is 9.25. The number of carbonyl (C=O) groups is 1. The Bertz CT molecular complexity index is 407. The highest BCUT2D eigenvalue weighted by atomic mass is 31.2. The van der Waals surface area contributed by atoms with Gasteiger partial charge in [0.05, 0.1) is 13.2 Å². The Morgan fingerprint density at radius 2 is 1.48 bits per heavy atom. The Labute approximate surface area is 121 Å². The molecule has 0 aromatic rings. The number of ether oxygens (including phenoxy) is 1. The maximum atomic E-state index is 14.1. The van der Waals surface area contributed by atoms with Gasteiger partial charge in [-0.3, -0.25) is 4.57 Å². The van der Waals surface area contributed by atoms with E-state index in [-0.39, 0.29) is 0 Å². The van der Waals surface area contributed by atoms with Crippen LogP contribution in [-0.4, -0.2) is 46.4 Å². The van der Waals surface area contributed by atoms with Gasteiger partial charge in [-0.2, -0.15) is 8.78 Å². The number of hydrogen-bond donors (Lipinski definition) is 2. The van der Waals surface area contributed by atoms with Crippen LogP contribution in [0.25, 0.3) is 0 Å². The molecule has 0 bridgehead atoms. The van der Waals surface area contributed by atoms with Crippen LogP contribution < -0.4 is 0 Å². The summed E-state index contributed by atoms with van der Waals surface area (Å²) < 4.78 is 53.5. The van der Waals surface area contributed by atoms with Gasteiger partial charge in [-0.15, -0.1) is 0 Å². The van der Waals surface area contributed by atoms with Crippen LogP contribution in [0.3, 0.4) is 0 Å². The van der Waals surface area contributed by atoms with E-state index in [0.29, 0.717) is 0 Å². The minimum Gasteiger partial charge on any atom is -0.456 e. The van der Waals surface area contributed by atoms with E-state index in [0.717, 1.165) is 0 Å². The van der Waals surface area contributed by atoms with Crippen molar-refractivity contribution >= 4 is 13.6 Å². The fraction of sp³-hybridized carbons (Fsp3) is 0.909. The molecule has 0 saturated heterocycles. The Morgan fingerprint density at radius 3 is 1.76 bits per heavy atom. The first kappa shape index (κ1) is 20.4. The maximum Gasteiger partial charge on any atom is 0.409 e. The Hall–Kier alpha value is -0.600. The molecule has 0 unspecified atom stereocenters. The standard InChI is InChI=1S/C11H21F2O7P/c1-6-18-21(17,19-7-2)11(12,13)10(15,16)8(14)20-9(3,4)5/h15-16H,6-7H2,1-5H3. The van der Waals surface area contributed by atoms with Gasteiger partial charge in [0.15, 0.2) is 0 Å². The highest BCUT2D eigenvalue weighted by Crippen LogP contribution is 2.65. The molecule has 0 atom stereocenters. The van der Waals surface area contributed by atoms with E-state index in [1.54, 1.807) is 0 Å². The molecule has 126 valence electrons. The summed E-state index contributed by atoms with van der Waals surface area (Å²) in [7, 11) is -5.30. The molecule has 0 aliphatic heterocycles. The lowest BCUT2D eigenvalue weighted by molar-refractivity contribution is -0.274. The summed E-state index contributed by atoms with van der Waals surface area (Å²) in [5.74, 6) is -6.42. The lowest BCUT2D eigenvalue weighted by Crippen LogP contribution is -2.56. The van der Waals surface area contributed by atoms with Crippen molar-refractivity contribution in [1.29, 1.82) is 0 Å². The van der Waals surface area contributed by atoms with Crippen LogP contribution in [0.15, 0.2) is 0 Å². The number of hydrogen-bond acceptors (Lipinski definition) is 7. The number of alkyl halides is 2. The molecule has 0 amide bonds. The van der Waals surface area contributed by atoms with Gasteiger partial charge in [0.2, 0.25) is 0 Å². The van der Waals surface area contributed by atoms with Crippen LogP contribution in [-0.2, 0) is 23.1 Å². The molecule has 7 nitrogen and oxygen atoms in total. The molecular formula is C11H21F2O7P. The molecule has 21 heavy (non-hydrogen) atoms. The molecule has 0 aromatic carbocycles. The number of carbonyl (C=O) groups excluding carboxylic acids is 1. The SMILES string of the molecule is CCOP(=O)(OCC)C(F)(F)C(O)(O)C(=O)OC(C)(C)C. The van der Waals surface area contributed by atoms with Crippen LogP contribution in [0, 0.1) is 0 Å². The zero-order valence-corrected chi connectivity index (χ0v) is 13.4. The topological polar surface area (TPSA) is 102 Å². The van der Waals surface area contributed by atoms with Gasteiger partial charge in [0.1, 0.15) is 5.60 Å². The molecule has 0 heterocycles. The van der Waals surface area contributed by atoms with E-state index < -0.39 is 43.8 Å². The normalized spacial score (nSPS) is 14.1.